The van der Waals surface area contributed by atoms with Crippen LogP contribution in [0.25, 0.3) is 6.08 Å². The minimum Gasteiger partial charge on any atom is -0.497 e. The van der Waals surface area contributed by atoms with Gasteiger partial charge in [0.05, 0.1) is 13.7 Å². The quantitative estimate of drug-likeness (QED) is 0.834. The molecule has 1 heterocycles. The topological polar surface area (TPSA) is 58.6 Å². The number of benzene rings is 1. The van der Waals surface area contributed by atoms with Gasteiger partial charge in [0.25, 0.3) is 0 Å². The average Bonchev–Trinajstić information content (AvgIpc) is 3.05. The van der Waals surface area contributed by atoms with Gasteiger partial charge in [0.15, 0.2) is 0 Å². The van der Waals surface area contributed by atoms with E-state index in [4.69, 9.17) is 4.74 Å². The third-order valence-electron chi connectivity index (χ3n) is 3.39. The van der Waals surface area contributed by atoms with Crippen molar-refractivity contribution in [1.29, 1.82) is 0 Å². The molecule has 1 fully saturated rings. The summed E-state index contributed by atoms with van der Waals surface area (Å²) < 4.78 is 5.11. The molecule has 2 rings (SSSR count). The van der Waals surface area contributed by atoms with Gasteiger partial charge in [-0.05, 0) is 36.6 Å². The monoisotopic (exact) mass is 288 g/mol. The van der Waals surface area contributed by atoms with E-state index in [0.29, 0.717) is 0 Å². The highest BCUT2D eigenvalue weighted by atomic mass is 16.5. The molecule has 0 bridgehead atoms. The van der Waals surface area contributed by atoms with Crippen molar-refractivity contribution in [2.45, 2.75) is 12.8 Å². The third kappa shape index (κ3) is 4.63. The normalized spacial score (nSPS) is 14.4. The van der Waals surface area contributed by atoms with Crippen LogP contribution in [0.5, 0.6) is 5.75 Å². The van der Waals surface area contributed by atoms with Gasteiger partial charge in [-0.2, -0.15) is 0 Å². The highest BCUT2D eigenvalue weighted by molar-refractivity contribution is 5.94. The molecule has 21 heavy (non-hydrogen) atoms. The number of likely N-dealkylation sites (tertiary alicyclic amines) is 1. The number of nitrogens with zero attached hydrogens (tertiary/aromatic N) is 1. The Balaban J connectivity index is 1.80. The standard InChI is InChI=1S/C16H20N2O3/c1-21-14-6-4-5-13(11-14)7-8-15(19)17-12-16(20)18-9-2-3-10-18/h4-8,11H,2-3,9-10,12H2,1H3,(H,17,19)/b8-7+. The van der Waals surface area contributed by atoms with E-state index in [-0.39, 0.29) is 18.4 Å². The second kappa shape index (κ2) is 7.47. The van der Waals surface area contributed by atoms with Gasteiger partial charge in [-0.1, -0.05) is 12.1 Å². The zero-order chi connectivity index (χ0) is 15.1. The smallest absolute Gasteiger partial charge is 0.244 e. The summed E-state index contributed by atoms with van der Waals surface area (Å²) in [6.07, 6.45) is 5.22. The fraction of sp³-hybridized carbons (Fsp3) is 0.375. The molecule has 0 saturated carbocycles. The van der Waals surface area contributed by atoms with Crippen LogP contribution >= 0.6 is 0 Å². The summed E-state index contributed by atoms with van der Waals surface area (Å²) in [5.41, 5.74) is 0.871. The van der Waals surface area contributed by atoms with Gasteiger partial charge in [-0.3, -0.25) is 9.59 Å². The lowest BCUT2D eigenvalue weighted by Crippen LogP contribution is -2.38. The predicted molar refractivity (Wildman–Crippen MR) is 80.9 cm³/mol. The second-order valence-corrected chi connectivity index (χ2v) is 4.92. The minimum atomic E-state index is -0.273. The number of hydrogen-bond acceptors (Lipinski definition) is 3. The van der Waals surface area contributed by atoms with Gasteiger partial charge in [0, 0.05) is 19.2 Å². The van der Waals surface area contributed by atoms with Crippen molar-refractivity contribution in [3.8, 4) is 5.75 Å². The highest BCUT2D eigenvalue weighted by Gasteiger charge is 2.17. The summed E-state index contributed by atoms with van der Waals surface area (Å²) in [5.74, 6) is 0.447. The number of nitrogens with one attached hydrogen (secondary N) is 1. The molecule has 5 heteroatoms. The molecule has 0 spiro atoms. The lowest BCUT2D eigenvalue weighted by molar-refractivity contribution is -0.131. The molecule has 1 aliphatic heterocycles. The first kappa shape index (κ1) is 15.1. The molecule has 2 amide bonds. The fourth-order valence-corrected chi connectivity index (χ4v) is 2.22. The maximum Gasteiger partial charge on any atom is 0.244 e. The number of methoxy groups -OCH3 is 1. The molecule has 0 aliphatic carbocycles. The summed E-state index contributed by atoms with van der Waals surface area (Å²) in [5, 5.41) is 2.61. The van der Waals surface area contributed by atoms with Crippen LogP contribution in [0.4, 0.5) is 0 Å². The van der Waals surface area contributed by atoms with Crippen LogP contribution in [-0.2, 0) is 9.59 Å². The number of hydrogen-bond donors (Lipinski definition) is 1. The largest absolute Gasteiger partial charge is 0.497 e. The molecular formula is C16H20N2O3. The van der Waals surface area contributed by atoms with Crippen molar-refractivity contribution in [3.63, 3.8) is 0 Å². The molecule has 1 aromatic rings. The number of amides is 2. The van der Waals surface area contributed by atoms with Crippen LogP contribution in [0.3, 0.4) is 0 Å². The fourth-order valence-electron chi connectivity index (χ4n) is 2.22. The van der Waals surface area contributed by atoms with Crippen LogP contribution in [-0.4, -0.2) is 43.5 Å². The van der Waals surface area contributed by atoms with E-state index < -0.39 is 0 Å². The summed E-state index contributed by atoms with van der Waals surface area (Å²) in [6.45, 7) is 1.66. The molecule has 112 valence electrons. The summed E-state index contributed by atoms with van der Waals surface area (Å²) in [4.78, 5) is 25.3. The molecule has 0 radical (unpaired) electrons. The Morgan fingerprint density at radius 3 is 2.81 bits per heavy atom. The first-order chi connectivity index (χ1) is 10.2. The first-order valence-corrected chi connectivity index (χ1v) is 7.07. The summed E-state index contributed by atoms with van der Waals surface area (Å²) >= 11 is 0. The average molecular weight is 288 g/mol. The lowest BCUT2D eigenvalue weighted by Gasteiger charge is -2.14. The summed E-state index contributed by atoms with van der Waals surface area (Å²) in [6, 6.07) is 7.40. The van der Waals surface area contributed by atoms with Gasteiger partial charge in [0.2, 0.25) is 11.8 Å². The molecule has 1 N–H and O–H groups in total. The molecular weight excluding hydrogens is 268 g/mol. The molecule has 1 aliphatic rings. The Morgan fingerprint density at radius 1 is 1.33 bits per heavy atom. The molecule has 0 aromatic heterocycles. The number of ether oxygens (including phenoxy) is 1. The van der Waals surface area contributed by atoms with Gasteiger partial charge in [0.1, 0.15) is 5.75 Å². The van der Waals surface area contributed by atoms with Crippen molar-refractivity contribution in [3.05, 3.63) is 35.9 Å². The van der Waals surface area contributed by atoms with Crippen LogP contribution in [0, 0.1) is 0 Å². The van der Waals surface area contributed by atoms with E-state index in [1.807, 2.05) is 24.3 Å². The predicted octanol–water partition coefficient (Wildman–Crippen LogP) is 1.45. The van der Waals surface area contributed by atoms with Crippen molar-refractivity contribution in [1.82, 2.24) is 10.2 Å². The zero-order valence-electron chi connectivity index (χ0n) is 12.2. The van der Waals surface area contributed by atoms with Crippen LogP contribution in [0.2, 0.25) is 0 Å². The van der Waals surface area contributed by atoms with Crippen molar-refractivity contribution < 1.29 is 14.3 Å². The van der Waals surface area contributed by atoms with E-state index in [1.54, 1.807) is 18.1 Å². The SMILES string of the molecule is COc1cccc(/C=C/C(=O)NCC(=O)N2CCCC2)c1. The Morgan fingerprint density at radius 2 is 2.10 bits per heavy atom. The number of carbonyl (C=O) groups excluding carboxylic acids is 2. The maximum absolute atomic E-state index is 11.8. The van der Waals surface area contributed by atoms with Crippen LogP contribution < -0.4 is 10.1 Å². The second-order valence-electron chi connectivity index (χ2n) is 4.92. The van der Waals surface area contributed by atoms with Gasteiger partial charge in [-0.15, -0.1) is 0 Å². The van der Waals surface area contributed by atoms with E-state index in [9.17, 15) is 9.59 Å². The molecule has 0 atom stereocenters. The number of carbonyl (C=O) groups is 2. The zero-order valence-corrected chi connectivity index (χ0v) is 12.2. The molecule has 1 saturated heterocycles. The van der Waals surface area contributed by atoms with Gasteiger partial charge < -0.3 is 15.0 Å². The van der Waals surface area contributed by atoms with Crippen LogP contribution in [0.1, 0.15) is 18.4 Å². The van der Waals surface area contributed by atoms with Gasteiger partial charge >= 0.3 is 0 Å². The molecule has 5 nitrogen and oxygen atoms in total. The molecule has 0 unspecified atom stereocenters. The Labute approximate surface area is 124 Å². The molecule has 1 aromatic carbocycles. The van der Waals surface area contributed by atoms with Crippen molar-refractivity contribution in [2.75, 3.05) is 26.7 Å². The number of rotatable bonds is 5. The van der Waals surface area contributed by atoms with E-state index in [1.165, 1.54) is 6.08 Å². The first-order valence-electron chi connectivity index (χ1n) is 7.07. The van der Waals surface area contributed by atoms with E-state index in [2.05, 4.69) is 5.32 Å². The summed E-state index contributed by atoms with van der Waals surface area (Å²) in [7, 11) is 1.60. The van der Waals surface area contributed by atoms with Crippen molar-refractivity contribution in [2.24, 2.45) is 0 Å². The van der Waals surface area contributed by atoms with Crippen molar-refractivity contribution >= 4 is 17.9 Å². The van der Waals surface area contributed by atoms with E-state index in [0.717, 1.165) is 37.2 Å². The Kier molecular flexibility index (Phi) is 5.37. The van der Waals surface area contributed by atoms with Gasteiger partial charge in [-0.25, -0.2) is 0 Å². The Bertz CT molecular complexity index is 534. The third-order valence-corrected chi connectivity index (χ3v) is 3.39. The lowest BCUT2D eigenvalue weighted by atomic mass is 10.2. The Hall–Kier alpha value is -2.30. The highest BCUT2D eigenvalue weighted by Crippen LogP contribution is 2.13. The van der Waals surface area contributed by atoms with Crippen LogP contribution in [0.15, 0.2) is 30.3 Å². The minimum absolute atomic E-state index is 0.0179. The van der Waals surface area contributed by atoms with E-state index >= 15 is 0 Å². The maximum atomic E-state index is 11.8.